The van der Waals surface area contributed by atoms with E-state index >= 15 is 0 Å². The molecule has 17 heavy (non-hydrogen) atoms. The highest BCUT2D eigenvalue weighted by atomic mass is 79.9. The van der Waals surface area contributed by atoms with Crippen LogP contribution in [0.25, 0.3) is 0 Å². The molecule has 1 N–H and O–H groups in total. The van der Waals surface area contributed by atoms with Gasteiger partial charge in [-0.2, -0.15) is 0 Å². The molecule has 0 aliphatic carbocycles. The molecule has 0 aliphatic rings. The molecule has 0 unspecified atom stereocenters. The summed E-state index contributed by atoms with van der Waals surface area (Å²) in [6, 6.07) is 2.04. The Morgan fingerprint density at radius 1 is 1.53 bits per heavy atom. The molecule has 0 spiro atoms. The van der Waals surface area contributed by atoms with E-state index in [0.29, 0.717) is 12.1 Å². The Hall–Kier alpha value is -0.390. The van der Waals surface area contributed by atoms with E-state index in [-0.39, 0.29) is 18.6 Å². The number of thiophene rings is 1. The largest absolute Gasteiger partial charge is 0.395 e. The van der Waals surface area contributed by atoms with Gasteiger partial charge in [-0.25, -0.2) is 0 Å². The molecule has 1 amide bonds. The van der Waals surface area contributed by atoms with Gasteiger partial charge in [0.25, 0.3) is 5.91 Å². The maximum Gasteiger partial charge on any atom is 0.255 e. The van der Waals surface area contributed by atoms with Crippen molar-refractivity contribution in [2.45, 2.75) is 32.7 Å². The standard InChI is InChI=1S/C12H18BrNO2S/c1-3-10(4-2)14(5-6-15)12(16)9-7-11(13)17-8-9/h7-8,10,15H,3-6H2,1-2H3. The molecule has 0 aliphatic heterocycles. The first-order valence-electron chi connectivity index (χ1n) is 5.79. The van der Waals surface area contributed by atoms with Gasteiger partial charge in [0.05, 0.1) is 16.0 Å². The third kappa shape index (κ3) is 3.79. The van der Waals surface area contributed by atoms with Crippen molar-refractivity contribution in [1.29, 1.82) is 0 Å². The fourth-order valence-corrected chi connectivity index (χ4v) is 3.01. The summed E-state index contributed by atoms with van der Waals surface area (Å²) in [5.74, 6) is 0.00898. The molecule has 0 bridgehead atoms. The maximum absolute atomic E-state index is 12.3. The first-order chi connectivity index (χ1) is 8.13. The molecule has 0 aromatic carbocycles. The molecule has 1 aromatic rings. The minimum absolute atomic E-state index is 0.00749. The summed E-state index contributed by atoms with van der Waals surface area (Å²) in [6.45, 7) is 4.54. The Kier molecular flexibility index (Phi) is 6.16. The summed E-state index contributed by atoms with van der Waals surface area (Å²) >= 11 is 4.86. The van der Waals surface area contributed by atoms with Gasteiger partial charge in [0.2, 0.25) is 0 Å². The lowest BCUT2D eigenvalue weighted by Crippen LogP contribution is -2.41. The summed E-state index contributed by atoms with van der Waals surface area (Å²) in [4.78, 5) is 14.1. The van der Waals surface area contributed by atoms with Gasteiger partial charge < -0.3 is 10.0 Å². The molecule has 1 aromatic heterocycles. The molecule has 1 rings (SSSR count). The van der Waals surface area contributed by atoms with E-state index in [1.807, 2.05) is 11.4 Å². The van der Waals surface area contributed by atoms with E-state index in [2.05, 4.69) is 29.8 Å². The monoisotopic (exact) mass is 319 g/mol. The maximum atomic E-state index is 12.3. The molecule has 0 saturated carbocycles. The predicted octanol–water partition coefficient (Wildman–Crippen LogP) is 3.13. The second kappa shape index (κ2) is 7.13. The van der Waals surface area contributed by atoms with Crippen LogP contribution in [-0.4, -0.2) is 35.1 Å². The van der Waals surface area contributed by atoms with Crippen LogP contribution in [0.4, 0.5) is 0 Å². The third-order valence-corrected chi connectivity index (χ3v) is 4.30. The van der Waals surface area contributed by atoms with Gasteiger partial charge in [0.15, 0.2) is 0 Å². The van der Waals surface area contributed by atoms with Gasteiger partial charge in [0.1, 0.15) is 0 Å². The summed E-state index contributed by atoms with van der Waals surface area (Å²) < 4.78 is 0.953. The van der Waals surface area contributed by atoms with Crippen molar-refractivity contribution in [3.8, 4) is 0 Å². The first-order valence-corrected chi connectivity index (χ1v) is 7.47. The second-order valence-electron chi connectivity index (χ2n) is 3.83. The lowest BCUT2D eigenvalue weighted by Gasteiger charge is -2.29. The molecule has 0 radical (unpaired) electrons. The zero-order chi connectivity index (χ0) is 12.8. The Bertz CT molecular complexity index is 363. The van der Waals surface area contributed by atoms with Crippen LogP contribution in [0.5, 0.6) is 0 Å². The van der Waals surface area contributed by atoms with Crippen molar-refractivity contribution in [1.82, 2.24) is 4.90 Å². The van der Waals surface area contributed by atoms with E-state index < -0.39 is 0 Å². The smallest absolute Gasteiger partial charge is 0.255 e. The van der Waals surface area contributed by atoms with Crippen LogP contribution in [0.15, 0.2) is 15.2 Å². The number of amides is 1. The molecule has 5 heteroatoms. The highest BCUT2D eigenvalue weighted by molar-refractivity contribution is 9.11. The molecule has 0 fully saturated rings. The lowest BCUT2D eigenvalue weighted by molar-refractivity contribution is 0.0623. The minimum atomic E-state index is 0.00749. The van der Waals surface area contributed by atoms with E-state index in [0.717, 1.165) is 16.6 Å². The van der Waals surface area contributed by atoms with Crippen LogP contribution < -0.4 is 0 Å². The average Bonchev–Trinajstić information content (AvgIpc) is 2.75. The molecular weight excluding hydrogens is 302 g/mol. The highest BCUT2D eigenvalue weighted by Crippen LogP contribution is 2.23. The SMILES string of the molecule is CCC(CC)N(CCO)C(=O)c1csc(Br)c1. The lowest BCUT2D eigenvalue weighted by atomic mass is 10.1. The zero-order valence-electron chi connectivity index (χ0n) is 10.1. The summed E-state index contributed by atoms with van der Waals surface area (Å²) in [5.41, 5.74) is 0.697. The van der Waals surface area contributed by atoms with Crippen LogP contribution in [-0.2, 0) is 0 Å². The Labute approximate surface area is 115 Å². The third-order valence-electron chi connectivity index (χ3n) is 2.80. The number of aliphatic hydroxyl groups is 1. The van der Waals surface area contributed by atoms with E-state index in [4.69, 9.17) is 5.11 Å². The second-order valence-corrected chi connectivity index (χ2v) is 6.12. The number of hydrogen-bond acceptors (Lipinski definition) is 3. The molecule has 3 nitrogen and oxygen atoms in total. The number of aliphatic hydroxyl groups excluding tert-OH is 1. The highest BCUT2D eigenvalue weighted by Gasteiger charge is 2.22. The number of nitrogens with zero attached hydrogens (tertiary/aromatic N) is 1. The van der Waals surface area contributed by atoms with E-state index in [9.17, 15) is 4.79 Å². The number of hydrogen-bond donors (Lipinski definition) is 1. The number of rotatable bonds is 6. The number of carbonyl (C=O) groups is 1. The van der Waals surface area contributed by atoms with Gasteiger partial charge in [-0.05, 0) is 34.8 Å². The van der Waals surface area contributed by atoms with Crippen molar-refractivity contribution < 1.29 is 9.90 Å². The normalized spacial score (nSPS) is 10.9. The molecule has 0 atom stereocenters. The van der Waals surface area contributed by atoms with Crippen molar-refractivity contribution in [3.63, 3.8) is 0 Å². The predicted molar refractivity (Wildman–Crippen MR) is 74.5 cm³/mol. The van der Waals surface area contributed by atoms with Crippen LogP contribution in [0.2, 0.25) is 0 Å². The van der Waals surface area contributed by atoms with Gasteiger partial charge >= 0.3 is 0 Å². The van der Waals surface area contributed by atoms with Crippen LogP contribution in [0.1, 0.15) is 37.0 Å². The first kappa shape index (κ1) is 14.7. The van der Waals surface area contributed by atoms with Crippen LogP contribution in [0, 0.1) is 0 Å². The van der Waals surface area contributed by atoms with Crippen LogP contribution >= 0.6 is 27.3 Å². The minimum Gasteiger partial charge on any atom is -0.395 e. The molecular formula is C12H18BrNO2S. The van der Waals surface area contributed by atoms with E-state index in [1.54, 1.807) is 4.90 Å². The Balaban J connectivity index is 2.86. The van der Waals surface area contributed by atoms with Gasteiger partial charge in [-0.15, -0.1) is 11.3 Å². The topological polar surface area (TPSA) is 40.5 Å². The van der Waals surface area contributed by atoms with E-state index in [1.165, 1.54) is 11.3 Å². The average molecular weight is 320 g/mol. The number of halogens is 1. The Morgan fingerprint density at radius 3 is 2.59 bits per heavy atom. The summed E-state index contributed by atoms with van der Waals surface area (Å²) in [7, 11) is 0. The van der Waals surface area contributed by atoms with Crippen molar-refractivity contribution in [3.05, 3.63) is 20.8 Å². The van der Waals surface area contributed by atoms with Crippen LogP contribution in [0.3, 0.4) is 0 Å². The number of carbonyl (C=O) groups excluding carboxylic acids is 1. The van der Waals surface area contributed by atoms with Gasteiger partial charge in [0, 0.05) is 18.0 Å². The van der Waals surface area contributed by atoms with Crippen molar-refractivity contribution >= 4 is 33.2 Å². The fraction of sp³-hybridized carbons (Fsp3) is 0.583. The quantitative estimate of drug-likeness (QED) is 0.875. The molecule has 1 heterocycles. The summed E-state index contributed by atoms with van der Waals surface area (Å²) in [6.07, 6.45) is 1.82. The van der Waals surface area contributed by atoms with Crippen molar-refractivity contribution in [2.75, 3.05) is 13.2 Å². The van der Waals surface area contributed by atoms with Gasteiger partial charge in [-0.1, -0.05) is 13.8 Å². The van der Waals surface area contributed by atoms with Crippen molar-refractivity contribution in [2.24, 2.45) is 0 Å². The Morgan fingerprint density at radius 2 is 2.18 bits per heavy atom. The zero-order valence-corrected chi connectivity index (χ0v) is 12.6. The molecule has 0 saturated heterocycles. The molecule has 96 valence electrons. The fourth-order valence-electron chi connectivity index (χ4n) is 1.88. The van der Waals surface area contributed by atoms with Gasteiger partial charge in [-0.3, -0.25) is 4.79 Å². The summed E-state index contributed by atoms with van der Waals surface area (Å²) in [5, 5.41) is 10.9.